The van der Waals surface area contributed by atoms with Gasteiger partial charge in [0.2, 0.25) is 5.82 Å². The third-order valence-corrected chi connectivity index (χ3v) is 3.91. The number of carboxylic acids is 1. The summed E-state index contributed by atoms with van der Waals surface area (Å²) in [6, 6.07) is 11.9. The van der Waals surface area contributed by atoms with E-state index in [1.165, 1.54) is 0 Å². The molecule has 0 saturated carbocycles. The van der Waals surface area contributed by atoms with Crippen LogP contribution in [0.1, 0.15) is 0 Å². The van der Waals surface area contributed by atoms with Gasteiger partial charge < -0.3 is 14.4 Å². The molecule has 2 aromatic carbocycles. The number of aromatic nitrogens is 2. The number of para-hydroxylation sites is 1. The van der Waals surface area contributed by atoms with Gasteiger partial charge in [-0.25, -0.2) is 4.79 Å². The van der Waals surface area contributed by atoms with Gasteiger partial charge in [0.05, 0.1) is 15.6 Å². The number of carboxylic acid groups (broad SMARTS) is 1. The molecule has 0 amide bonds. The van der Waals surface area contributed by atoms with Crippen molar-refractivity contribution in [1.29, 1.82) is 0 Å². The quantitative estimate of drug-likeness (QED) is 0.730. The minimum absolute atomic E-state index is 0.182. The van der Waals surface area contributed by atoms with Crippen molar-refractivity contribution in [2.24, 2.45) is 0 Å². The zero-order valence-electron chi connectivity index (χ0n) is 12.1. The predicted octanol–water partition coefficient (Wildman–Crippen LogP) is 4.17. The molecule has 0 aliphatic carbocycles. The molecule has 0 unspecified atom stereocenters. The maximum absolute atomic E-state index is 10.7. The third-order valence-electron chi connectivity index (χ3n) is 3.09. The second kappa shape index (κ2) is 6.90. The highest BCUT2D eigenvalue weighted by Gasteiger charge is 2.17. The molecule has 0 aliphatic rings. The van der Waals surface area contributed by atoms with Gasteiger partial charge in [-0.2, -0.15) is 4.98 Å². The van der Waals surface area contributed by atoms with Crippen LogP contribution in [0, 0.1) is 0 Å². The van der Waals surface area contributed by atoms with Gasteiger partial charge in [-0.1, -0.05) is 46.6 Å². The lowest BCUT2D eigenvalue weighted by molar-refractivity contribution is -0.139. The molecule has 3 rings (SSSR count). The van der Waals surface area contributed by atoms with Crippen LogP contribution in [-0.2, 0) is 4.79 Å². The van der Waals surface area contributed by atoms with Crippen molar-refractivity contribution in [1.82, 2.24) is 10.1 Å². The first kappa shape index (κ1) is 16.3. The molecule has 24 heavy (non-hydrogen) atoms. The Labute approximate surface area is 146 Å². The Morgan fingerprint density at radius 2 is 1.88 bits per heavy atom. The number of benzene rings is 2. The summed E-state index contributed by atoms with van der Waals surface area (Å²) >= 11 is 12.1. The topological polar surface area (TPSA) is 85.5 Å². The van der Waals surface area contributed by atoms with E-state index < -0.39 is 12.6 Å². The van der Waals surface area contributed by atoms with Gasteiger partial charge in [0.15, 0.2) is 6.61 Å². The molecular weight excluding hydrogens is 355 g/mol. The average Bonchev–Trinajstić information content (AvgIpc) is 3.05. The Hall–Kier alpha value is -2.57. The van der Waals surface area contributed by atoms with Crippen LogP contribution >= 0.6 is 23.2 Å². The van der Waals surface area contributed by atoms with E-state index in [9.17, 15) is 4.79 Å². The molecule has 0 atom stereocenters. The summed E-state index contributed by atoms with van der Waals surface area (Å²) in [5, 5.41) is 13.3. The second-order valence-electron chi connectivity index (χ2n) is 4.70. The summed E-state index contributed by atoms with van der Waals surface area (Å²) in [5.74, 6) is -0.304. The number of aliphatic carboxylic acids is 1. The highest BCUT2D eigenvalue weighted by atomic mass is 35.5. The Morgan fingerprint density at radius 1 is 1.12 bits per heavy atom. The average molecular weight is 365 g/mol. The highest BCUT2D eigenvalue weighted by molar-refractivity contribution is 6.43. The molecule has 0 fully saturated rings. The Morgan fingerprint density at radius 3 is 2.67 bits per heavy atom. The first-order chi connectivity index (χ1) is 11.6. The van der Waals surface area contributed by atoms with Gasteiger partial charge in [-0.15, -0.1) is 0 Å². The number of ether oxygens (including phenoxy) is 1. The number of hydrogen-bond acceptors (Lipinski definition) is 5. The number of carbonyl (C=O) groups is 1. The first-order valence-corrected chi connectivity index (χ1v) is 7.54. The SMILES string of the molecule is O=C(O)COc1ccccc1-c1nc(-c2cccc(Cl)c2Cl)no1. The van der Waals surface area contributed by atoms with E-state index in [4.69, 9.17) is 37.6 Å². The van der Waals surface area contributed by atoms with Crippen molar-refractivity contribution in [3.63, 3.8) is 0 Å². The Bertz CT molecular complexity index is 895. The lowest BCUT2D eigenvalue weighted by Gasteiger charge is -2.06. The molecule has 0 aliphatic heterocycles. The minimum Gasteiger partial charge on any atom is -0.481 e. The van der Waals surface area contributed by atoms with Crippen LogP contribution in [0.15, 0.2) is 47.0 Å². The van der Waals surface area contributed by atoms with Crippen LogP contribution in [0.2, 0.25) is 10.0 Å². The smallest absolute Gasteiger partial charge is 0.341 e. The summed E-state index contributed by atoms with van der Waals surface area (Å²) in [6.07, 6.45) is 0. The number of hydrogen-bond donors (Lipinski definition) is 1. The van der Waals surface area contributed by atoms with Crippen molar-refractivity contribution in [2.75, 3.05) is 6.61 Å². The fourth-order valence-electron chi connectivity index (χ4n) is 2.03. The van der Waals surface area contributed by atoms with Gasteiger partial charge >= 0.3 is 5.97 Å². The summed E-state index contributed by atoms with van der Waals surface area (Å²) in [6.45, 7) is -0.474. The van der Waals surface area contributed by atoms with Crippen LogP contribution in [0.4, 0.5) is 0 Å². The van der Waals surface area contributed by atoms with E-state index in [2.05, 4.69) is 10.1 Å². The van der Waals surface area contributed by atoms with E-state index in [1.54, 1.807) is 42.5 Å². The largest absolute Gasteiger partial charge is 0.481 e. The summed E-state index contributed by atoms with van der Waals surface area (Å²) in [5.41, 5.74) is 1.01. The van der Waals surface area contributed by atoms with Crippen molar-refractivity contribution in [2.45, 2.75) is 0 Å². The molecule has 1 N–H and O–H groups in total. The molecule has 0 saturated heterocycles. The molecule has 1 aromatic heterocycles. The zero-order valence-corrected chi connectivity index (χ0v) is 13.6. The van der Waals surface area contributed by atoms with Gasteiger partial charge in [0, 0.05) is 5.56 Å². The van der Waals surface area contributed by atoms with Crippen LogP contribution in [0.25, 0.3) is 22.8 Å². The molecule has 6 nitrogen and oxygen atoms in total. The highest BCUT2D eigenvalue weighted by Crippen LogP contribution is 2.34. The standard InChI is InChI=1S/C16H10Cl2N2O4/c17-11-6-3-5-10(14(11)18)15-19-16(24-20-15)9-4-1-2-7-12(9)23-8-13(21)22/h1-7H,8H2,(H,21,22). The van der Waals surface area contributed by atoms with Crippen molar-refractivity contribution in [3.8, 4) is 28.6 Å². The van der Waals surface area contributed by atoms with Gasteiger partial charge in [0.25, 0.3) is 5.89 Å². The van der Waals surface area contributed by atoms with Crippen LogP contribution in [-0.4, -0.2) is 27.8 Å². The lowest BCUT2D eigenvalue weighted by Crippen LogP contribution is -2.09. The lowest BCUT2D eigenvalue weighted by atomic mass is 10.2. The van der Waals surface area contributed by atoms with Crippen LogP contribution in [0.5, 0.6) is 5.75 Å². The number of rotatable bonds is 5. The fourth-order valence-corrected chi connectivity index (χ4v) is 2.41. The molecular formula is C16H10Cl2N2O4. The van der Waals surface area contributed by atoms with Gasteiger partial charge in [-0.3, -0.25) is 0 Å². The van der Waals surface area contributed by atoms with Crippen LogP contribution in [0.3, 0.4) is 0 Å². The molecule has 8 heteroatoms. The maximum atomic E-state index is 10.7. The van der Waals surface area contributed by atoms with Crippen molar-refractivity contribution < 1.29 is 19.2 Å². The Kier molecular flexibility index (Phi) is 4.69. The molecule has 1 heterocycles. The predicted molar refractivity (Wildman–Crippen MR) is 88.3 cm³/mol. The van der Waals surface area contributed by atoms with E-state index in [1.807, 2.05) is 0 Å². The van der Waals surface area contributed by atoms with Gasteiger partial charge in [-0.05, 0) is 24.3 Å². The third kappa shape index (κ3) is 3.34. The Balaban J connectivity index is 1.97. The summed E-state index contributed by atoms with van der Waals surface area (Å²) < 4.78 is 10.5. The van der Waals surface area contributed by atoms with E-state index >= 15 is 0 Å². The summed E-state index contributed by atoms with van der Waals surface area (Å²) in [4.78, 5) is 15.0. The van der Waals surface area contributed by atoms with Gasteiger partial charge in [0.1, 0.15) is 5.75 Å². The molecule has 122 valence electrons. The van der Waals surface area contributed by atoms with Crippen molar-refractivity contribution >= 4 is 29.2 Å². The first-order valence-electron chi connectivity index (χ1n) is 6.78. The van der Waals surface area contributed by atoms with Crippen molar-refractivity contribution in [3.05, 3.63) is 52.5 Å². The zero-order chi connectivity index (χ0) is 17.1. The monoisotopic (exact) mass is 364 g/mol. The second-order valence-corrected chi connectivity index (χ2v) is 5.49. The fraction of sp³-hybridized carbons (Fsp3) is 0.0625. The summed E-state index contributed by atoms with van der Waals surface area (Å²) in [7, 11) is 0. The number of halogens is 2. The normalized spacial score (nSPS) is 10.6. The van der Waals surface area contributed by atoms with E-state index in [-0.39, 0.29) is 11.7 Å². The molecule has 0 spiro atoms. The molecule has 0 bridgehead atoms. The van der Waals surface area contributed by atoms with E-state index in [0.29, 0.717) is 26.9 Å². The molecule has 3 aromatic rings. The van der Waals surface area contributed by atoms with Crippen LogP contribution < -0.4 is 4.74 Å². The maximum Gasteiger partial charge on any atom is 0.341 e. The van der Waals surface area contributed by atoms with E-state index in [0.717, 1.165) is 0 Å². The molecule has 0 radical (unpaired) electrons. The number of nitrogens with zero attached hydrogens (tertiary/aromatic N) is 2. The minimum atomic E-state index is -1.08.